The van der Waals surface area contributed by atoms with E-state index in [2.05, 4.69) is 20.6 Å². The predicted octanol–water partition coefficient (Wildman–Crippen LogP) is 4.07. The van der Waals surface area contributed by atoms with Crippen LogP contribution in [0.1, 0.15) is 34.7 Å². The van der Waals surface area contributed by atoms with E-state index in [1.807, 2.05) is 25.1 Å². The fourth-order valence-electron chi connectivity index (χ4n) is 2.55. The zero-order valence-electron chi connectivity index (χ0n) is 15.6. The van der Waals surface area contributed by atoms with Gasteiger partial charge in [0, 0.05) is 17.3 Å². The first-order valence-electron chi connectivity index (χ1n) is 8.80. The van der Waals surface area contributed by atoms with Gasteiger partial charge in [-0.25, -0.2) is 9.97 Å². The van der Waals surface area contributed by atoms with Crippen LogP contribution >= 0.6 is 0 Å². The van der Waals surface area contributed by atoms with E-state index >= 15 is 0 Å². The van der Waals surface area contributed by atoms with Gasteiger partial charge in [-0.05, 0) is 38.1 Å². The molecule has 0 bridgehead atoms. The molecule has 2 aromatic carbocycles. The molecule has 0 saturated carbocycles. The number of anilines is 3. The van der Waals surface area contributed by atoms with Crippen LogP contribution in [0.25, 0.3) is 0 Å². The molecular weight excluding hydrogens is 356 g/mol. The normalized spacial score (nSPS) is 10.2. The molecule has 1 aromatic heterocycles. The molecule has 0 atom stereocenters. The first-order valence-corrected chi connectivity index (χ1v) is 8.80. The molecule has 7 heteroatoms. The third-order valence-electron chi connectivity index (χ3n) is 3.88. The average molecular weight is 376 g/mol. The summed E-state index contributed by atoms with van der Waals surface area (Å²) in [7, 11) is 0. The first kappa shape index (κ1) is 19.0. The van der Waals surface area contributed by atoms with Gasteiger partial charge >= 0.3 is 0 Å². The van der Waals surface area contributed by atoms with E-state index in [-0.39, 0.29) is 17.4 Å². The smallest absolute Gasteiger partial charge is 0.274 e. The topological polar surface area (TPSA) is 93.2 Å². The van der Waals surface area contributed by atoms with Gasteiger partial charge in [0.2, 0.25) is 0 Å². The van der Waals surface area contributed by atoms with Gasteiger partial charge in [-0.2, -0.15) is 0 Å². The highest BCUT2D eigenvalue weighted by Gasteiger charge is 2.12. The summed E-state index contributed by atoms with van der Waals surface area (Å²) in [6, 6.07) is 15.8. The van der Waals surface area contributed by atoms with Gasteiger partial charge in [-0.1, -0.05) is 24.3 Å². The second kappa shape index (κ2) is 8.77. The maximum absolute atomic E-state index is 12.6. The quantitative estimate of drug-likeness (QED) is 0.604. The second-order valence-corrected chi connectivity index (χ2v) is 5.93. The van der Waals surface area contributed by atoms with Crippen LogP contribution < -0.4 is 15.4 Å². The SMILES string of the molecule is CCOc1ccccc1NC(=O)c1cc(Nc2cccc(C(C)=O)c2)ncn1. The van der Waals surface area contributed by atoms with Crippen molar-refractivity contribution in [1.29, 1.82) is 0 Å². The molecule has 0 saturated heterocycles. The number of rotatable bonds is 7. The van der Waals surface area contributed by atoms with E-state index in [9.17, 15) is 9.59 Å². The van der Waals surface area contributed by atoms with Crippen molar-refractivity contribution in [3.63, 3.8) is 0 Å². The number of carbonyl (C=O) groups excluding carboxylic acids is 2. The first-order chi connectivity index (χ1) is 13.6. The maximum atomic E-state index is 12.6. The number of aromatic nitrogens is 2. The Hall–Kier alpha value is -3.74. The number of nitrogens with zero attached hydrogens (tertiary/aromatic N) is 2. The lowest BCUT2D eigenvalue weighted by Gasteiger charge is -2.11. The van der Waals surface area contributed by atoms with Crippen molar-refractivity contribution in [2.45, 2.75) is 13.8 Å². The molecule has 0 aliphatic rings. The molecule has 0 aliphatic heterocycles. The molecule has 142 valence electrons. The molecule has 0 aliphatic carbocycles. The molecule has 0 fully saturated rings. The lowest BCUT2D eigenvalue weighted by molar-refractivity contribution is 0.101. The number of carbonyl (C=O) groups is 2. The summed E-state index contributed by atoms with van der Waals surface area (Å²) < 4.78 is 5.52. The van der Waals surface area contributed by atoms with Crippen LogP contribution in [0.2, 0.25) is 0 Å². The zero-order valence-corrected chi connectivity index (χ0v) is 15.6. The molecule has 0 unspecified atom stereocenters. The van der Waals surface area contributed by atoms with Gasteiger partial charge in [0.25, 0.3) is 5.91 Å². The van der Waals surface area contributed by atoms with Gasteiger partial charge in [0.1, 0.15) is 23.6 Å². The number of nitrogens with one attached hydrogen (secondary N) is 2. The van der Waals surface area contributed by atoms with E-state index in [0.29, 0.717) is 35.1 Å². The minimum Gasteiger partial charge on any atom is -0.492 e. The molecule has 3 aromatic rings. The molecule has 7 nitrogen and oxygen atoms in total. The number of benzene rings is 2. The van der Waals surface area contributed by atoms with Gasteiger partial charge in [-0.3, -0.25) is 9.59 Å². The number of ether oxygens (including phenoxy) is 1. The molecule has 0 spiro atoms. The average Bonchev–Trinajstić information content (AvgIpc) is 2.70. The molecule has 2 N–H and O–H groups in total. The monoisotopic (exact) mass is 376 g/mol. The summed E-state index contributed by atoms with van der Waals surface area (Å²) in [6.07, 6.45) is 1.31. The number of hydrogen-bond acceptors (Lipinski definition) is 6. The highest BCUT2D eigenvalue weighted by atomic mass is 16.5. The third kappa shape index (κ3) is 4.70. The van der Waals surface area contributed by atoms with Crippen LogP contribution in [0, 0.1) is 0 Å². The Morgan fingerprint density at radius 1 is 1.04 bits per heavy atom. The number of para-hydroxylation sites is 2. The Balaban J connectivity index is 1.77. The van der Waals surface area contributed by atoms with Crippen molar-refractivity contribution < 1.29 is 14.3 Å². The summed E-state index contributed by atoms with van der Waals surface area (Å²) in [5, 5.41) is 5.88. The molecule has 1 heterocycles. The minimum atomic E-state index is -0.380. The number of amides is 1. The van der Waals surface area contributed by atoms with E-state index in [4.69, 9.17) is 4.74 Å². The standard InChI is InChI=1S/C21H20N4O3/c1-3-28-19-10-5-4-9-17(19)25-21(27)18-12-20(23-13-22-18)24-16-8-6-7-15(11-16)14(2)26/h4-13H,3H2,1-2H3,(H,25,27)(H,22,23,24). The van der Waals surface area contributed by atoms with Gasteiger partial charge in [0.15, 0.2) is 5.78 Å². The Kier molecular flexibility index (Phi) is 5.96. The van der Waals surface area contributed by atoms with Crippen molar-refractivity contribution in [1.82, 2.24) is 9.97 Å². The maximum Gasteiger partial charge on any atom is 0.274 e. The van der Waals surface area contributed by atoms with Crippen LogP contribution in [0.15, 0.2) is 60.9 Å². The summed E-state index contributed by atoms with van der Waals surface area (Å²) >= 11 is 0. The number of hydrogen-bond donors (Lipinski definition) is 2. The summed E-state index contributed by atoms with van der Waals surface area (Å²) in [6.45, 7) is 3.88. The Bertz CT molecular complexity index is 1000. The van der Waals surface area contributed by atoms with Crippen molar-refractivity contribution in [2.24, 2.45) is 0 Å². The zero-order chi connectivity index (χ0) is 19.9. The van der Waals surface area contributed by atoms with Gasteiger partial charge in [-0.15, -0.1) is 0 Å². The number of ketones is 1. The lowest BCUT2D eigenvalue weighted by atomic mass is 10.1. The van der Waals surface area contributed by atoms with E-state index in [0.717, 1.165) is 0 Å². The Labute approximate surface area is 162 Å². The highest BCUT2D eigenvalue weighted by Crippen LogP contribution is 2.24. The van der Waals surface area contributed by atoms with E-state index in [1.165, 1.54) is 13.3 Å². The van der Waals surface area contributed by atoms with E-state index < -0.39 is 0 Å². The van der Waals surface area contributed by atoms with E-state index in [1.54, 1.807) is 36.4 Å². The third-order valence-corrected chi connectivity index (χ3v) is 3.88. The molecular formula is C21H20N4O3. The second-order valence-electron chi connectivity index (χ2n) is 5.93. The molecule has 0 radical (unpaired) electrons. The van der Waals surface area contributed by atoms with Crippen LogP contribution in [0.4, 0.5) is 17.2 Å². The van der Waals surface area contributed by atoms with Crippen molar-refractivity contribution in [2.75, 3.05) is 17.2 Å². The number of Topliss-reactive ketones (excluding diaryl/α,β-unsaturated/α-hetero) is 1. The Morgan fingerprint density at radius 3 is 2.64 bits per heavy atom. The van der Waals surface area contributed by atoms with Gasteiger partial charge in [0.05, 0.1) is 12.3 Å². The van der Waals surface area contributed by atoms with Crippen molar-refractivity contribution >= 4 is 28.9 Å². The predicted molar refractivity (Wildman–Crippen MR) is 107 cm³/mol. The molecule has 28 heavy (non-hydrogen) atoms. The van der Waals surface area contributed by atoms with Gasteiger partial charge < -0.3 is 15.4 Å². The highest BCUT2D eigenvalue weighted by molar-refractivity contribution is 6.04. The van der Waals surface area contributed by atoms with Crippen LogP contribution in [0.3, 0.4) is 0 Å². The fourth-order valence-corrected chi connectivity index (χ4v) is 2.55. The fraction of sp³-hybridized carbons (Fsp3) is 0.143. The van der Waals surface area contributed by atoms with Crippen molar-refractivity contribution in [3.05, 3.63) is 72.2 Å². The van der Waals surface area contributed by atoms with Crippen LogP contribution in [-0.2, 0) is 0 Å². The van der Waals surface area contributed by atoms with Crippen LogP contribution in [-0.4, -0.2) is 28.3 Å². The van der Waals surface area contributed by atoms with Crippen molar-refractivity contribution in [3.8, 4) is 5.75 Å². The minimum absolute atomic E-state index is 0.0284. The molecule has 1 amide bonds. The molecule has 3 rings (SSSR count). The lowest BCUT2D eigenvalue weighted by Crippen LogP contribution is -2.15. The Morgan fingerprint density at radius 2 is 1.86 bits per heavy atom. The van der Waals surface area contributed by atoms with Crippen LogP contribution in [0.5, 0.6) is 5.75 Å². The summed E-state index contributed by atoms with van der Waals surface area (Å²) in [5.74, 6) is 0.625. The summed E-state index contributed by atoms with van der Waals surface area (Å²) in [5.41, 5.74) is 2.05. The summed E-state index contributed by atoms with van der Waals surface area (Å²) in [4.78, 5) is 32.3. The largest absolute Gasteiger partial charge is 0.492 e.